The summed E-state index contributed by atoms with van der Waals surface area (Å²) in [6.07, 6.45) is 3.40. The average molecular weight is 771 g/mol. The van der Waals surface area contributed by atoms with E-state index in [4.69, 9.17) is 21.1 Å². The van der Waals surface area contributed by atoms with Crippen molar-refractivity contribution in [3.05, 3.63) is 90.0 Å². The second kappa shape index (κ2) is 15.8. The summed E-state index contributed by atoms with van der Waals surface area (Å²) in [4.78, 5) is 59.3. The molecule has 2 aromatic carbocycles. The Kier molecular flexibility index (Phi) is 11.9. The van der Waals surface area contributed by atoms with Gasteiger partial charge in [0, 0.05) is 17.8 Å². The van der Waals surface area contributed by atoms with Gasteiger partial charge in [0.05, 0.1) is 47.3 Å². The van der Waals surface area contributed by atoms with E-state index in [1.807, 2.05) is 57.2 Å². The number of carbonyl (C=O) groups is 4. The second-order valence-electron chi connectivity index (χ2n) is 13.5. The molecule has 3 aliphatic rings. The summed E-state index contributed by atoms with van der Waals surface area (Å²) in [6, 6.07) is 11.9. The zero-order valence-corrected chi connectivity index (χ0v) is 30.9. The Morgan fingerprint density at radius 1 is 1.18 bits per heavy atom. The Bertz CT molecular complexity index is 1600. The fourth-order valence-corrected chi connectivity index (χ4v) is 9.07. The summed E-state index contributed by atoms with van der Waals surface area (Å²) in [7, 11) is 0. The third kappa shape index (κ3) is 6.89. The number of anilines is 1. The monoisotopic (exact) mass is 769 g/mol. The number of nitrogens with one attached hydrogen (secondary N) is 1. The maximum atomic E-state index is 15.0. The lowest BCUT2D eigenvalue weighted by atomic mass is 9.70. The summed E-state index contributed by atoms with van der Waals surface area (Å²) in [5, 5.41) is 14.1. The summed E-state index contributed by atoms with van der Waals surface area (Å²) >= 11 is 10.4. The van der Waals surface area contributed by atoms with Crippen LogP contribution in [-0.2, 0) is 28.7 Å². The molecule has 12 heteroatoms. The fraction of sp³-hybridized carbons (Fsp3) is 0.474. The number of para-hydroxylation sites is 1. The van der Waals surface area contributed by atoms with Gasteiger partial charge in [0.1, 0.15) is 18.2 Å². The molecular formula is C38H45BrClN3O7. The Morgan fingerprint density at radius 2 is 1.90 bits per heavy atom. The predicted molar refractivity (Wildman–Crippen MR) is 195 cm³/mol. The van der Waals surface area contributed by atoms with Gasteiger partial charge in [-0.25, -0.2) is 0 Å². The van der Waals surface area contributed by atoms with Gasteiger partial charge in [0.15, 0.2) is 0 Å². The van der Waals surface area contributed by atoms with Crippen molar-refractivity contribution < 1.29 is 33.8 Å². The molecule has 8 atom stereocenters. The number of rotatable bonds is 15. The van der Waals surface area contributed by atoms with Gasteiger partial charge in [-0.2, -0.15) is 0 Å². The first-order valence-electron chi connectivity index (χ1n) is 17.0. The molecule has 0 aromatic heterocycles. The van der Waals surface area contributed by atoms with Crippen LogP contribution < -0.4 is 10.2 Å². The Morgan fingerprint density at radius 3 is 2.52 bits per heavy atom. The number of halogens is 2. The highest BCUT2D eigenvalue weighted by Crippen LogP contribution is 2.61. The molecule has 2 N–H and O–H groups in total. The van der Waals surface area contributed by atoms with Crippen molar-refractivity contribution in [3.8, 4) is 0 Å². The number of allylic oxidation sites excluding steroid dienone is 1. The second-order valence-corrected chi connectivity index (χ2v) is 15.1. The van der Waals surface area contributed by atoms with Gasteiger partial charge in [-0.1, -0.05) is 96.0 Å². The number of ether oxygens (including phenoxy) is 2. The fourth-order valence-electron chi connectivity index (χ4n) is 7.80. The van der Waals surface area contributed by atoms with Crippen LogP contribution in [0.2, 0.25) is 5.02 Å². The number of amides is 3. The van der Waals surface area contributed by atoms with E-state index in [0.29, 0.717) is 22.7 Å². The molecule has 1 unspecified atom stereocenters. The van der Waals surface area contributed by atoms with Crippen LogP contribution in [0.3, 0.4) is 0 Å². The Labute approximate surface area is 306 Å². The number of benzene rings is 2. The molecule has 0 aliphatic carbocycles. The van der Waals surface area contributed by atoms with Crippen LogP contribution in [0.15, 0.2) is 73.8 Å². The number of alkyl halides is 1. The van der Waals surface area contributed by atoms with Crippen LogP contribution in [0.5, 0.6) is 0 Å². The van der Waals surface area contributed by atoms with E-state index in [1.165, 1.54) is 9.80 Å². The Balaban J connectivity index is 1.55. The van der Waals surface area contributed by atoms with E-state index in [2.05, 4.69) is 34.4 Å². The lowest BCUT2D eigenvalue weighted by Crippen LogP contribution is -2.60. The van der Waals surface area contributed by atoms with Gasteiger partial charge in [0.25, 0.3) is 5.91 Å². The number of aliphatic hydroxyl groups is 1. The standard InChI is InChI=1S/C38H45BrClN3O7/c1-6-8-17-29(45)49-21-27(24-14-10-9-11-15-24)41-35(46)30-31-36(47)43(28(20-44)22(3)4)34(38(31)19-25(39)33(30)50-38)37(48)42(18-7-2)32-23(5)13-12-16-26(32)40/h6-7,9-16,22,25,27-28,30-31,33-34,44H,1-2,8,17-21H2,3-5H3,(H,41,46)/t25?,27-,28+,30-,31+,33-,34-,38+/m1/s1. The van der Waals surface area contributed by atoms with Crippen LogP contribution in [0.1, 0.15) is 50.3 Å². The van der Waals surface area contributed by atoms with Crippen LogP contribution in [0.25, 0.3) is 0 Å². The SMILES string of the molecule is C=CCCC(=O)OC[C@@H](NC(=O)[C@H]1[C@@H]2O[C@@]3(CC2Br)[C@@H]1C(=O)N([C@@H](CO)C(C)C)[C@@H]3C(=O)N(CC=C)c1c(C)cccc1Cl)c1ccccc1. The lowest BCUT2D eigenvalue weighted by molar-refractivity contribution is -0.147. The molecule has 1 spiro atoms. The number of nitrogens with zero attached hydrogens (tertiary/aromatic N) is 2. The predicted octanol–water partition coefficient (Wildman–Crippen LogP) is 5.30. The summed E-state index contributed by atoms with van der Waals surface area (Å²) in [5.41, 5.74) is 0.576. The number of aryl methyl sites for hydroxylation is 1. The molecule has 2 bridgehead atoms. The zero-order valence-electron chi connectivity index (χ0n) is 28.6. The minimum Gasteiger partial charge on any atom is -0.463 e. The molecular weight excluding hydrogens is 726 g/mol. The van der Waals surface area contributed by atoms with Gasteiger partial charge in [0.2, 0.25) is 11.8 Å². The van der Waals surface area contributed by atoms with Crippen LogP contribution in [0, 0.1) is 24.7 Å². The molecule has 2 aromatic rings. The number of hydrogen-bond donors (Lipinski definition) is 2. The number of aliphatic hydroxyl groups excluding tert-OH is 1. The summed E-state index contributed by atoms with van der Waals surface area (Å²) in [6.45, 7) is 12.7. The van der Waals surface area contributed by atoms with Crippen LogP contribution in [-0.4, -0.2) is 82.1 Å². The minimum atomic E-state index is -1.38. The minimum absolute atomic E-state index is 0.101. The first-order valence-corrected chi connectivity index (χ1v) is 18.2. The largest absolute Gasteiger partial charge is 0.463 e. The normalized spacial score (nSPS) is 26.3. The van der Waals surface area contributed by atoms with Crippen molar-refractivity contribution >= 4 is 56.9 Å². The molecule has 3 aliphatic heterocycles. The first-order chi connectivity index (χ1) is 23.9. The van der Waals surface area contributed by atoms with E-state index in [-0.39, 0.29) is 36.7 Å². The number of likely N-dealkylation sites (tertiary alicyclic amines) is 1. The molecule has 3 fully saturated rings. The highest BCUT2D eigenvalue weighted by molar-refractivity contribution is 9.09. The number of fused-ring (bicyclic) bond motifs is 1. The third-order valence-electron chi connectivity index (χ3n) is 10.1. The van der Waals surface area contributed by atoms with E-state index >= 15 is 4.79 Å². The number of carbonyl (C=O) groups excluding carboxylic acids is 4. The molecule has 5 rings (SSSR count). The van der Waals surface area contributed by atoms with Crippen molar-refractivity contribution in [2.75, 3.05) is 24.7 Å². The van der Waals surface area contributed by atoms with Gasteiger partial charge >= 0.3 is 5.97 Å². The van der Waals surface area contributed by atoms with Gasteiger partial charge < -0.3 is 29.7 Å². The molecule has 0 radical (unpaired) electrons. The highest BCUT2D eigenvalue weighted by atomic mass is 79.9. The van der Waals surface area contributed by atoms with Crippen LogP contribution in [0.4, 0.5) is 5.69 Å². The summed E-state index contributed by atoms with van der Waals surface area (Å²) in [5.74, 6) is -3.99. The molecule has 50 heavy (non-hydrogen) atoms. The molecule has 3 amide bonds. The molecule has 3 heterocycles. The van der Waals surface area contributed by atoms with Gasteiger partial charge in [-0.05, 0) is 42.9 Å². The van der Waals surface area contributed by atoms with Gasteiger partial charge in [-0.3, -0.25) is 19.2 Å². The third-order valence-corrected chi connectivity index (χ3v) is 11.2. The van der Waals surface area contributed by atoms with E-state index < -0.39 is 72.0 Å². The Hall–Kier alpha value is -3.51. The number of esters is 1. The maximum absolute atomic E-state index is 15.0. The van der Waals surface area contributed by atoms with Crippen molar-refractivity contribution in [1.29, 1.82) is 0 Å². The van der Waals surface area contributed by atoms with Gasteiger partial charge in [-0.15, -0.1) is 13.2 Å². The van der Waals surface area contributed by atoms with E-state index in [9.17, 15) is 19.5 Å². The topological polar surface area (TPSA) is 125 Å². The zero-order chi connectivity index (χ0) is 36.3. The highest BCUT2D eigenvalue weighted by Gasteiger charge is 2.77. The molecule has 10 nitrogen and oxygen atoms in total. The van der Waals surface area contributed by atoms with Crippen molar-refractivity contribution in [2.24, 2.45) is 17.8 Å². The maximum Gasteiger partial charge on any atom is 0.306 e. The summed E-state index contributed by atoms with van der Waals surface area (Å²) < 4.78 is 12.3. The van der Waals surface area contributed by atoms with Crippen molar-refractivity contribution in [3.63, 3.8) is 0 Å². The number of hydrogen-bond acceptors (Lipinski definition) is 7. The van der Waals surface area contributed by atoms with E-state index in [0.717, 1.165) is 5.56 Å². The molecule has 3 saturated heterocycles. The van der Waals surface area contributed by atoms with Crippen LogP contribution >= 0.6 is 27.5 Å². The average Bonchev–Trinajstić information content (AvgIpc) is 3.68. The molecule has 0 saturated carbocycles. The quantitative estimate of drug-likeness (QED) is 0.143. The van der Waals surface area contributed by atoms with E-state index in [1.54, 1.807) is 24.3 Å². The first kappa shape index (κ1) is 37.7. The van der Waals surface area contributed by atoms with Crippen molar-refractivity contribution in [1.82, 2.24) is 10.2 Å². The molecule has 268 valence electrons. The lowest BCUT2D eigenvalue weighted by Gasteiger charge is -2.40. The smallest absolute Gasteiger partial charge is 0.306 e. The van der Waals surface area contributed by atoms with Crippen molar-refractivity contribution in [2.45, 2.75) is 74.7 Å².